The molecular weight excluding hydrogens is 506 g/mol. The fourth-order valence-corrected chi connectivity index (χ4v) is 5.51. The summed E-state index contributed by atoms with van der Waals surface area (Å²) >= 11 is 0. The Morgan fingerprint density at radius 2 is 2.05 bits per heavy atom. The number of phenols is 1. The Labute approximate surface area is 234 Å². The van der Waals surface area contributed by atoms with Gasteiger partial charge in [0.1, 0.15) is 18.2 Å². The number of ether oxygens (including phenoxy) is 1. The fraction of sp³-hybridized carbons (Fsp3) is 0.400. The Bertz CT molecular complexity index is 1450. The van der Waals surface area contributed by atoms with Gasteiger partial charge in [0.2, 0.25) is 5.91 Å². The molecule has 0 unspecified atom stereocenters. The van der Waals surface area contributed by atoms with Crippen LogP contribution in [0.2, 0.25) is 0 Å². The van der Waals surface area contributed by atoms with Crippen molar-refractivity contribution in [3.63, 3.8) is 0 Å². The van der Waals surface area contributed by atoms with E-state index < -0.39 is 0 Å². The third-order valence-corrected chi connectivity index (χ3v) is 7.52. The number of likely N-dealkylation sites (N-methyl/N-ethyl adjacent to an activating group) is 1. The minimum absolute atomic E-state index is 0.161. The van der Waals surface area contributed by atoms with Crippen molar-refractivity contribution in [3.8, 4) is 17.8 Å². The minimum Gasteiger partial charge on any atom is -0.508 e. The SMILES string of the molecule is C=CC(=O)N1CCN(c2nc(OCCN(C)C)nc3c2CCN(c2cc(O)cc4ccccc24)C3)C[C@@H]1CC#N. The zero-order chi connectivity index (χ0) is 28.2. The molecule has 40 heavy (non-hydrogen) atoms. The molecule has 0 saturated carbocycles. The lowest BCUT2D eigenvalue weighted by Gasteiger charge is -2.42. The van der Waals surface area contributed by atoms with Gasteiger partial charge in [-0.05, 0) is 38.0 Å². The van der Waals surface area contributed by atoms with E-state index in [9.17, 15) is 15.2 Å². The maximum absolute atomic E-state index is 12.5. The zero-order valence-electron chi connectivity index (χ0n) is 23.1. The van der Waals surface area contributed by atoms with Crippen LogP contribution in [0.25, 0.3) is 10.8 Å². The van der Waals surface area contributed by atoms with Crippen LogP contribution in [0.15, 0.2) is 49.1 Å². The Balaban J connectivity index is 1.49. The number of hydrogen-bond acceptors (Lipinski definition) is 9. The molecule has 1 aromatic heterocycles. The number of amides is 1. The number of fused-ring (bicyclic) bond motifs is 2. The predicted octanol–water partition coefficient (Wildman–Crippen LogP) is 2.96. The molecule has 10 heteroatoms. The van der Waals surface area contributed by atoms with E-state index in [4.69, 9.17) is 14.7 Å². The van der Waals surface area contributed by atoms with Crippen LogP contribution in [0.3, 0.4) is 0 Å². The van der Waals surface area contributed by atoms with Crippen LogP contribution in [-0.2, 0) is 17.8 Å². The van der Waals surface area contributed by atoms with Crippen molar-refractivity contribution in [2.75, 3.05) is 63.2 Å². The van der Waals surface area contributed by atoms with Crippen molar-refractivity contribution >= 4 is 28.2 Å². The number of carbonyl (C=O) groups is 1. The summed E-state index contributed by atoms with van der Waals surface area (Å²) in [4.78, 5) is 30.3. The van der Waals surface area contributed by atoms with Crippen LogP contribution >= 0.6 is 0 Å². The second-order valence-corrected chi connectivity index (χ2v) is 10.5. The number of carbonyl (C=O) groups excluding carboxylic acids is 1. The van der Waals surface area contributed by atoms with Gasteiger partial charge in [-0.1, -0.05) is 30.8 Å². The molecule has 1 N–H and O–H groups in total. The van der Waals surface area contributed by atoms with E-state index in [0.717, 1.165) is 46.6 Å². The van der Waals surface area contributed by atoms with Crippen molar-refractivity contribution in [3.05, 3.63) is 60.3 Å². The number of piperazine rings is 1. The number of rotatable bonds is 8. The molecule has 2 aromatic carbocycles. The van der Waals surface area contributed by atoms with Crippen LogP contribution < -0.4 is 14.5 Å². The summed E-state index contributed by atoms with van der Waals surface area (Å²) in [5, 5.41) is 22.0. The summed E-state index contributed by atoms with van der Waals surface area (Å²) < 4.78 is 6.02. The molecule has 0 bridgehead atoms. The molecule has 0 spiro atoms. The maximum Gasteiger partial charge on any atom is 0.318 e. The van der Waals surface area contributed by atoms with E-state index >= 15 is 0 Å². The first-order valence-corrected chi connectivity index (χ1v) is 13.6. The first-order chi connectivity index (χ1) is 19.4. The van der Waals surface area contributed by atoms with Crippen LogP contribution in [0.5, 0.6) is 11.8 Å². The topological polar surface area (TPSA) is 109 Å². The molecule has 3 aromatic rings. The van der Waals surface area contributed by atoms with Crippen LogP contribution in [0, 0.1) is 11.3 Å². The standard InChI is InChI=1S/C30H35N7O3/c1-4-28(39)37-14-13-36(19-22(37)9-11-31)29-25-10-12-35(20-26(25)32-30(33-29)40-16-15-34(2)3)27-18-23(38)17-21-7-5-6-8-24(21)27/h4-8,17-18,22,38H,1,9-10,12-16,19-20H2,2-3H3/t22-/m0/s1. The molecule has 0 radical (unpaired) electrons. The number of nitrogens with zero attached hydrogens (tertiary/aromatic N) is 7. The Kier molecular flexibility index (Phi) is 8.03. The van der Waals surface area contributed by atoms with E-state index in [1.165, 1.54) is 6.08 Å². The molecule has 5 rings (SSSR count). The van der Waals surface area contributed by atoms with Crippen LogP contribution in [0.4, 0.5) is 11.5 Å². The van der Waals surface area contributed by atoms with Crippen molar-refractivity contribution < 1.29 is 14.6 Å². The number of aromatic nitrogens is 2. The van der Waals surface area contributed by atoms with Gasteiger partial charge in [-0.25, -0.2) is 0 Å². The second kappa shape index (κ2) is 11.8. The van der Waals surface area contributed by atoms with E-state index in [1.54, 1.807) is 11.0 Å². The van der Waals surface area contributed by atoms with Gasteiger partial charge in [0, 0.05) is 55.4 Å². The smallest absolute Gasteiger partial charge is 0.318 e. The van der Waals surface area contributed by atoms with Gasteiger partial charge in [0.15, 0.2) is 0 Å². The number of phenolic OH excluding ortho intramolecular Hbond substituents is 1. The monoisotopic (exact) mass is 541 g/mol. The van der Waals surface area contributed by atoms with Crippen molar-refractivity contribution in [1.82, 2.24) is 19.8 Å². The third-order valence-electron chi connectivity index (χ3n) is 7.52. The Hall–Kier alpha value is -4.36. The first kappa shape index (κ1) is 27.2. The summed E-state index contributed by atoms with van der Waals surface area (Å²) in [7, 11) is 3.97. The summed E-state index contributed by atoms with van der Waals surface area (Å²) in [5.41, 5.74) is 2.90. The molecule has 208 valence electrons. The minimum atomic E-state index is -0.258. The number of benzene rings is 2. The van der Waals surface area contributed by atoms with Gasteiger partial charge in [0.25, 0.3) is 0 Å². The number of hydrogen-bond donors (Lipinski definition) is 1. The quantitative estimate of drug-likeness (QED) is 0.431. The van der Waals surface area contributed by atoms with E-state index in [1.807, 2.05) is 43.3 Å². The average Bonchev–Trinajstić information content (AvgIpc) is 2.95. The highest BCUT2D eigenvalue weighted by atomic mass is 16.5. The predicted molar refractivity (Wildman–Crippen MR) is 155 cm³/mol. The second-order valence-electron chi connectivity index (χ2n) is 10.5. The van der Waals surface area contributed by atoms with Gasteiger partial charge in [0.05, 0.1) is 30.8 Å². The molecule has 10 nitrogen and oxygen atoms in total. The lowest BCUT2D eigenvalue weighted by molar-refractivity contribution is -0.128. The van der Waals surface area contributed by atoms with Crippen LogP contribution in [0.1, 0.15) is 17.7 Å². The highest BCUT2D eigenvalue weighted by molar-refractivity contribution is 5.95. The average molecular weight is 542 g/mol. The van der Waals surface area contributed by atoms with Crippen molar-refractivity contribution in [2.24, 2.45) is 0 Å². The highest BCUT2D eigenvalue weighted by Crippen LogP contribution is 2.36. The first-order valence-electron chi connectivity index (χ1n) is 13.6. The summed E-state index contributed by atoms with van der Waals surface area (Å²) in [6, 6.07) is 13.9. The number of aromatic hydroxyl groups is 1. The molecular formula is C30H35N7O3. The lowest BCUT2D eigenvalue weighted by Crippen LogP contribution is -2.55. The molecule has 1 atom stereocenters. The van der Waals surface area contributed by atoms with Crippen molar-refractivity contribution in [1.29, 1.82) is 5.26 Å². The molecule has 2 aliphatic rings. The largest absolute Gasteiger partial charge is 0.508 e. The van der Waals surface area contributed by atoms with Gasteiger partial charge in [-0.3, -0.25) is 4.79 Å². The van der Waals surface area contributed by atoms with E-state index in [2.05, 4.69) is 28.5 Å². The molecule has 0 aliphatic carbocycles. The Morgan fingerprint density at radius 3 is 2.83 bits per heavy atom. The normalized spacial score (nSPS) is 17.1. The summed E-state index contributed by atoms with van der Waals surface area (Å²) in [6.07, 6.45) is 2.25. The van der Waals surface area contributed by atoms with Gasteiger partial charge in [-0.15, -0.1) is 0 Å². The van der Waals surface area contributed by atoms with E-state index in [0.29, 0.717) is 45.2 Å². The van der Waals surface area contributed by atoms with Gasteiger partial charge >= 0.3 is 6.01 Å². The van der Waals surface area contributed by atoms with Crippen LogP contribution in [-0.4, -0.2) is 90.2 Å². The summed E-state index contributed by atoms with van der Waals surface area (Å²) in [5.74, 6) is 0.872. The number of anilines is 2. The van der Waals surface area contributed by atoms with Gasteiger partial charge < -0.3 is 29.4 Å². The van der Waals surface area contributed by atoms with E-state index in [-0.39, 0.29) is 24.1 Å². The molecule has 1 saturated heterocycles. The Morgan fingerprint density at radius 1 is 1.23 bits per heavy atom. The molecule has 1 fully saturated rings. The number of nitriles is 1. The highest BCUT2D eigenvalue weighted by Gasteiger charge is 2.33. The van der Waals surface area contributed by atoms with Crippen molar-refractivity contribution in [2.45, 2.75) is 25.4 Å². The molecule has 1 amide bonds. The molecule has 2 aliphatic heterocycles. The molecule has 3 heterocycles. The lowest BCUT2D eigenvalue weighted by atomic mass is 10.0. The zero-order valence-corrected chi connectivity index (χ0v) is 23.1. The summed E-state index contributed by atoms with van der Waals surface area (Å²) in [6.45, 7) is 7.63. The maximum atomic E-state index is 12.5. The fourth-order valence-electron chi connectivity index (χ4n) is 5.51. The van der Waals surface area contributed by atoms with Gasteiger partial charge in [-0.2, -0.15) is 15.2 Å². The third kappa shape index (κ3) is 5.65.